The van der Waals surface area contributed by atoms with Crippen molar-refractivity contribution in [3.8, 4) is 11.5 Å². The number of hydrogen-bond donors (Lipinski definition) is 1. The highest BCUT2D eigenvalue weighted by atomic mass is 16.7. The van der Waals surface area contributed by atoms with Gasteiger partial charge in [-0.15, -0.1) is 0 Å². The molecule has 1 aromatic rings. The van der Waals surface area contributed by atoms with Gasteiger partial charge in [0.2, 0.25) is 6.79 Å². The van der Waals surface area contributed by atoms with Crippen molar-refractivity contribution < 1.29 is 19.0 Å². The number of benzene rings is 1. The third-order valence-electron chi connectivity index (χ3n) is 3.70. The van der Waals surface area contributed by atoms with Crippen LogP contribution >= 0.6 is 0 Å². The highest BCUT2D eigenvalue weighted by Gasteiger charge is 2.25. The van der Waals surface area contributed by atoms with E-state index in [2.05, 4.69) is 0 Å². The highest BCUT2D eigenvalue weighted by molar-refractivity contribution is 6.00. The van der Waals surface area contributed by atoms with Gasteiger partial charge in [-0.25, -0.2) is 0 Å². The van der Waals surface area contributed by atoms with Crippen LogP contribution in [0.25, 0.3) is 0 Å². The summed E-state index contributed by atoms with van der Waals surface area (Å²) in [6, 6.07) is 3.40. The molecular formula is C15H22N2O4. The Kier molecular flexibility index (Phi) is 4.90. The fourth-order valence-electron chi connectivity index (χ4n) is 2.23. The van der Waals surface area contributed by atoms with Gasteiger partial charge >= 0.3 is 0 Å². The molecule has 2 rings (SSSR count). The van der Waals surface area contributed by atoms with Crippen molar-refractivity contribution in [2.75, 3.05) is 32.8 Å². The van der Waals surface area contributed by atoms with E-state index in [9.17, 15) is 4.79 Å². The van der Waals surface area contributed by atoms with Crippen LogP contribution in [0, 0.1) is 0 Å². The first-order valence-corrected chi connectivity index (χ1v) is 7.07. The van der Waals surface area contributed by atoms with Crippen LogP contribution in [0.3, 0.4) is 0 Å². The van der Waals surface area contributed by atoms with E-state index in [0.717, 1.165) is 6.42 Å². The maximum absolute atomic E-state index is 12.8. The Hall–Kier alpha value is -1.95. The number of ether oxygens (including phenoxy) is 3. The minimum absolute atomic E-state index is 0.109. The average molecular weight is 294 g/mol. The number of carbonyl (C=O) groups excluding carboxylic acids is 1. The number of nitrogens with zero attached hydrogens (tertiary/aromatic N) is 1. The van der Waals surface area contributed by atoms with Crippen molar-refractivity contribution in [1.29, 1.82) is 0 Å². The van der Waals surface area contributed by atoms with Gasteiger partial charge in [0.1, 0.15) is 0 Å². The standard InChI is InChI=1S/C15H22N2O4/c1-4-10(2)17(5-6-19-3)15(18)11-7-13-14(8-12(11)16)21-9-20-13/h7-8,10H,4-6,9,16H2,1-3H3. The number of carbonyl (C=O) groups is 1. The third-order valence-corrected chi connectivity index (χ3v) is 3.70. The summed E-state index contributed by atoms with van der Waals surface area (Å²) in [4.78, 5) is 14.5. The van der Waals surface area contributed by atoms with Crippen LogP contribution in [0.1, 0.15) is 30.6 Å². The first kappa shape index (κ1) is 15.4. The summed E-state index contributed by atoms with van der Waals surface area (Å²) < 4.78 is 15.7. The Bertz CT molecular complexity index is 519. The van der Waals surface area contributed by atoms with Crippen molar-refractivity contribution >= 4 is 11.6 Å². The predicted molar refractivity (Wildman–Crippen MR) is 79.6 cm³/mol. The number of hydrogen-bond acceptors (Lipinski definition) is 5. The molecule has 0 aliphatic carbocycles. The Morgan fingerprint density at radius 2 is 2.10 bits per heavy atom. The van der Waals surface area contributed by atoms with Gasteiger partial charge in [0.15, 0.2) is 11.5 Å². The molecule has 1 aromatic carbocycles. The monoisotopic (exact) mass is 294 g/mol. The predicted octanol–water partition coefficient (Wildman–Crippen LogP) is 1.88. The molecule has 116 valence electrons. The molecule has 1 aliphatic rings. The zero-order valence-corrected chi connectivity index (χ0v) is 12.7. The van der Waals surface area contributed by atoms with Crippen molar-refractivity contribution in [1.82, 2.24) is 4.90 Å². The van der Waals surface area contributed by atoms with E-state index in [1.165, 1.54) is 0 Å². The highest BCUT2D eigenvalue weighted by Crippen LogP contribution is 2.36. The van der Waals surface area contributed by atoms with E-state index in [1.54, 1.807) is 24.1 Å². The lowest BCUT2D eigenvalue weighted by Crippen LogP contribution is -2.40. The van der Waals surface area contributed by atoms with Crippen LogP contribution in [0.15, 0.2) is 12.1 Å². The lowest BCUT2D eigenvalue weighted by Gasteiger charge is -2.29. The van der Waals surface area contributed by atoms with E-state index in [0.29, 0.717) is 35.9 Å². The summed E-state index contributed by atoms with van der Waals surface area (Å²) in [7, 11) is 1.62. The topological polar surface area (TPSA) is 74.0 Å². The number of fused-ring (bicyclic) bond motifs is 1. The number of amides is 1. The van der Waals surface area contributed by atoms with Crippen LogP contribution in [0.5, 0.6) is 11.5 Å². The van der Waals surface area contributed by atoms with Crippen molar-refractivity contribution in [2.45, 2.75) is 26.3 Å². The van der Waals surface area contributed by atoms with Gasteiger partial charge in [-0.3, -0.25) is 4.79 Å². The summed E-state index contributed by atoms with van der Waals surface area (Å²) in [5, 5.41) is 0. The largest absolute Gasteiger partial charge is 0.454 e. The van der Waals surface area contributed by atoms with Gasteiger partial charge in [-0.2, -0.15) is 0 Å². The molecule has 1 amide bonds. The molecule has 0 radical (unpaired) electrons. The van der Waals surface area contributed by atoms with Crippen LogP contribution in [-0.4, -0.2) is 43.9 Å². The zero-order chi connectivity index (χ0) is 15.4. The third kappa shape index (κ3) is 3.21. The molecule has 1 atom stereocenters. The Labute approximate surface area is 124 Å². The fraction of sp³-hybridized carbons (Fsp3) is 0.533. The zero-order valence-electron chi connectivity index (χ0n) is 12.7. The number of nitrogen functional groups attached to an aromatic ring is 1. The molecule has 0 saturated carbocycles. The molecule has 21 heavy (non-hydrogen) atoms. The van der Waals surface area contributed by atoms with Gasteiger partial charge in [0.05, 0.1) is 12.2 Å². The van der Waals surface area contributed by atoms with E-state index >= 15 is 0 Å². The van der Waals surface area contributed by atoms with Gasteiger partial charge in [-0.05, 0) is 19.4 Å². The van der Waals surface area contributed by atoms with Crippen molar-refractivity contribution in [3.05, 3.63) is 17.7 Å². The molecule has 1 heterocycles. The Morgan fingerprint density at radius 1 is 1.43 bits per heavy atom. The van der Waals surface area contributed by atoms with E-state index in [4.69, 9.17) is 19.9 Å². The number of anilines is 1. The van der Waals surface area contributed by atoms with E-state index < -0.39 is 0 Å². The minimum atomic E-state index is -0.114. The number of methoxy groups -OCH3 is 1. The molecule has 2 N–H and O–H groups in total. The minimum Gasteiger partial charge on any atom is -0.454 e. The van der Waals surface area contributed by atoms with Gasteiger partial charge in [-0.1, -0.05) is 6.92 Å². The Morgan fingerprint density at radius 3 is 2.71 bits per heavy atom. The smallest absolute Gasteiger partial charge is 0.256 e. The molecular weight excluding hydrogens is 272 g/mol. The first-order chi connectivity index (χ1) is 10.1. The maximum Gasteiger partial charge on any atom is 0.256 e. The summed E-state index contributed by atoms with van der Waals surface area (Å²) in [5.41, 5.74) is 6.83. The van der Waals surface area contributed by atoms with Gasteiger partial charge < -0.3 is 24.8 Å². The second kappa shape index (κ2) is 6.67. The second-order valence-electron chi connectivity index (χ2n) is 5.04. The molecule has 1 aliphatic heterocycles. The SMILES string of the molecule is CCC(C)N(CCOC)C(=O)c1cc2c(cc1N)OCO2. The van der Waals surface area contributed by atoms with Crippen molar-refractivity contribution in [3.63, 3.8) is 0 Å². The maximum atomic E-state index is 12.8. The molecule has 6 nitrogen and oxygen atoms in total. The molecule has 6 heteroatoms. The normalized spacial score (nSPS) is 14.0. The number of rotatable bonds is 6. The molecule has 1 unspecified atom stereocenters. The second-order valence-corrected chi connectivity index (χ2v) is 5.04. The lowest BCUT2D eigenvalue weighted by atomic mass is 10.1. The molecule has 0 spiro atoms. The van der Waals surface area contributed by atoms with Crippen LogP contribution < -0.4 is 15.2 Å². The van der Waals surface area contributed by atoms with Crippen molar-refractivity contribution in [2.24, 2.45) is 0 Å². The number of nitrogens with two attached hydrogens (primary N) is 1. The average Bonchev–Trinajstić information content (AvgIpc) is 2.93. The van der Waals surface area contributed by atoms with Crippen LogP contribution in [0.2, 0.25) is 0 Å². The van der Waals surface area contributed by atoms with Gasteiger partial charge in [0, 0.05) is 31.5 Å². The fourth-order valence-corrected chi connectivity index (χ4v) is 2.23. The van der Waals surface area contributed by atoms with E-state index in [1.807, 2.05) is 13.8 Å². The summed E-state index contributed by atoms with van der Waals surface area (Å²) in [6.07, 6.45) is 0.861. The lowest BCUT2D eigenvalue weighted by molar-refractivity contribution is 0.0614. The summed E-state index contributed by atoms with van der Waals surface area (Å²) in [5.74, 6) is 1.02. The Balaban J connectivity index is 2.27. The van der Waals surface area contributed by atoms with Crippen LogP contribution in [-0.2, 0) is 4.74 Å². The molecule has 0 fully saturated rings. The quantitative estimate of drug-likeness (QED) is 0.811. The van der Waals surface area contributed by atoms with E-state index in [-0.39, 0.29) is 18.7 Å². The molecule has 0 aromatic heterocycles. The first-order valence-electron chi connectivity index (χ1n) is 7.07. The summed E-state index contributed by atoms with van der Waals surface area (Å²) in [6.45, 7) is 5.22. The summed E-state index contributed by atoms with van der Waals surface area (Å²) >= 11 is 0. The van der Waals surface area contributed by atoms with Gasteiger partial charge in [0.25, 0.3) is 5.91 Å². The molecule has 0 bridgehead atoms. The molecule has 0 saturated heterocycles. The van der Waals surface area contributed by atoms with Crippen LogP contribution in [0.4, 0.5) is 5.69 Å².